The zero-order chi connectivity index (χ0) is 28.0. The number of aryl methyl sites for hydroxylation is 1. The van der Waals surface area contributed by atoms with Crippen LogP contribution in [-0.4, -0.2) is 29.8 Å². The third-order valence-electron chi connectivity index (χ3n) is 5.35. The van der Waals surface area contributed by atoms with Crippen molar-refractivity contribution in [3.8, 4) is 17.1 Å². The summed E-state index contributed by atoms with van der Waals surface area (Å²) >= 11 is 0. The molecular weight excluding hydrogens is 520 g/mol. The van der Waals surface area contributed by atoms with Gasteiger partial charge in [0.25, 0.3) is 17.5 Å². The lowest BCUT2D eigenvalue weighted by molar-refractivity contribution is -0.140. The summed E-state index contributed by atoms with van der Waals surface area (Å²) in [6.45, 7) is 2.67. The van der Waals surface area contributed by atoms with E-state index in [1.54, 1.807) is 21.9 Å². The molecular formula is C24H21F6N5O3. The predicted octanol–water partition coefficient (Wildman–Crippen LogP) is 5.22. The number of hydrogen-bond donors (Lipinski definition) is 2. The Kier molecular flexibility index (Phi) is 8.86. The fourth-order valence-corrected chi connectivity index (χ4v) is 3.44. The van der Waals surface area contributed by atoms with Crippen LogP contribution in [0.2, 0.25) is 0 Å². The van der Waals surface area contributed by atoms with Crippen LogP contribution in [0.3, 0.4) is 0 Å². The highest BCUT2D eigenvalue weighted by Gasteiger charge is 2.37. The number of rotatable bonds is 6. The van der Waals surface area contributed by atoms with Crippen LogP contribution in [0.1, 0.15) is 43.7 Å². The summed E-state index contributed by atoms with van der Waals surface area (Å²) in [5, 5.41) is 14.0. The predicted molar refractivity (Wildman–Crippen MR) is 125 cm³/mol. The zero-order valence-electron chi connectivity index (χ0n) is 19.8. The molecule has 0 saturated carbocycles. The number of halogens is 6. The first-order valence-electron chi connectivity index (χ1n) is 11.2. The molecule has 0 atom stereocenters. The van der Waals surface area contributed by atoms with Crippen molar-refractivity contribution in [2.24, 2.45) is 0 Å². The second-order valence-corrected chi connectivity index (χ2v) is 8.04. The summed E-state index contributed by atoms with van der Waals surface area (Å²) in [5.74, 6) is -1.84. The van der Waals surface area contributed by atoms with Gasteiger partial charge in [-0.15, -0.1) is 0 Å². The van der Waals surface area contributed by atoms with Gasteiger partial charge in [-0.1, -0.05) is 19.8 Å². The van der Waals surface area contributed by atoms with Crippen molar-refractivity contribution in [2.45, 2.75) is 45.3 Å². The summed E-state index contributed by atoms with van der Waals surface area (Å²) < 4.78 is 77.0. The molecule has 0 aliphatic rings. The van der Waals surface area contributed by atoms with Crippen LogP contribution in [0.4, 0.5) is 26.3 Å². The van der Waals surface area contributed by atoms with Crippen LogP contribution in [0.25, 0.3) is 22.2 Å². The smallest absolute Gasteiger partial charge is 0.425 e. The third kappa shape index (κ3) is 6.55. The summed E-state index contributed by atoms with van der Waals surface area (Å²) in [7, 11) is 0. The van der Waals surface area contributed by atoms with Gasteiger partial charge in [-0.2, -0.15) is 18.3 Å². The van der Waals surface area contributed by atoms with Gasteiger partial charge in [0.15, 0.2) is 17.1 Å². The number of benzene rings is 1. The van der Waals surface area contributed by atoms with Crippen LogP contribution >= 0.6 is 0 Å². The topological polar surface area (TPSA) is 114 Å². The van der Waals surface area contributed by atoms with Gasteiger partial charge in [-0.25, -0.2) is 28.2 Å². The van der Waals surface area contributed by atoms with Gasteiger partial charge in [0.05, 0.1) is 22.7 Å². The third-order valence-corrected chi connectivity index (χ3v) is 5.35. The molecule has 0 bridgehead atoms. The fraction of sp³-hybridized carbons (Fsp3) is 0.292. The Morgan fingerprint density at radius 3 is 2.32 bits per heavy atom. The number of aromatic amines is 1. The number of pyridine rings is 1. The van der Waals surface area contributed by atoms with Gasteiger partial charge in [0, 0.05) is 25.1 Å². The van der Waals surface area contributed by atoms with Crippen molar-refractivity contribution in [2.75, 3.05) is 0 Å². The molecule has 1 aromatic carbocycles. The second kappa shape index (κ2) is 11.9. The molecule has 0 radical (unpaired) electrons. The average molecular weight is 541 g/mol. The SMILES string of the molecule is CCCCCn1ccc2cc(-c3ncc(C(F)F)cn3)c(F)cc2c1=O.O=c1[nH]ncc(O)c1C(F)(F)F. The van der Waals surface area contributed by atoms with E-state index in [2.05, 4.69) is 22.0 Å². The maximum Gasteiger partial charge on any atom is 0.425 e. The lowest BCUT2D eigenvalue weighted by Crippen LogP contribution is -2.22. The number of hydrogen-bond acceptors (Lipinski definition) is 6. The summed E-state index contributed by atoms with van der Waals surface area (Å²) in [5.41, 5.74) is -3.59. The molecule has 0 unspecified atom stereocenters. The van der Waals surface area contributed by atoms with Gasteiger partial charge in [0.2, 0.25) is 0 Å². The summed E-state index contributed by atoms with van der Waals surface area (Å²) in [4.78, 5) is 30.6. The lowest BCUT2D eigenvalue weighted by Gasteiger charge is -2.09. The largest absolute Gasteiger partial charge is 0.505 e. The van der Waals surface area contributed by atoms with E-state index >= 15 is 0 Å². The lowest BCUT2D eigenvalue weighted by atomic mass is 10.1. The molecule has 38 heavy (non-hydrogen) atoms. The molecule has 3 aromatic heterocycles. The number of alkyl halides is 5. The molecule has 2 N–H and O–H groups in total. The van der Waals surface area contributed by atoms with Gasteiger partial charge in [-0.05, 0) is 30.0 Å². The van der Waals surface area contributed by atoms with Crippen molar-refractivity contribution in [3.63, 3.8) is 0 Å². The Hall–Kier alpha value is -4.23. The first kappa shape index (κ1) is 28.3. The highest BCUT2D eigenvalue weighted by Crippen LogP contribution is 2.31. The van der Waals surface area contributed by atoms with E-state index in [1.165, 1.54) is 6.07 Å². The number of aromatic nitrogens is 5. The molecule has 14 heteroatoms. The van der Waals surface area contributed by atoms with E-state index in [0.717, 1.165) is 37.7 Å². The van der Waals surface area contributed by atoms with Crippen LogP contribution < -0.4 is 11.1 Å². The van der Waals surface area contributed by atoms with Gasteiger partial charge in [-0.3, -0.25) is 9.59 Å². The second-order valence-electron chi connectivity index (χ2n) is 8.04. The standard InChI is InChI=1S/C19H18F3N3O.C5H3F3N2O2/c1-2-3-4-6-25-7-5-12-8-15(16(20)9-14(12)19(25)26)18-23-10-13(11-24-18)17(21)22;6-5(7,8)3-2(11)1-9-10-4(3)12/h5,7-11,17H,2-4,6H2,1H3;1H,(H2,10,11,12). The van der Waals surface area contributed by atoms with E-state index in [-0.39, 0.29) is 27.9 Å². The Bertz CT molecular complexity index is 1520. The summed E-state index contributed by atoms with van der Waals surface area (Å²) in [6, 6.07) is 4.37. The molecule has 0 spiro atoms. The van der Waals surface area contributed by atoms with Crippen molar-refractivity contribution in [1.29, 1.82) is 0 Å². The Balaban J connectivity index is 0.000000279. The normalized spacial score (nSPS) is 11.5. The van der Waals surface area contributed by atoms with Crippen LogP contribution in [-0.2, 0) is 12.7 Å². The van der Waals surface area contributed by atoms with Crippen LogP contribution in [0.5, 0.6) is 5.75 Å². The van der Waals surface area contributed by atoms with E-state index in [4.69, 9.17) is 5.11 Å². The minimum Gasteiger partial charge on any atom is -0.505 e. The first-order chi connectivity index (χ1) is 17.9. The molecule has 3 heterocycles. The molecule has 0 aliphatic carbocycles. The Morgan fingerprint density at radius 2 is 1.76 bits per heavy atom. The van der Waals surface area contributed by atoms with Crippen molar-refractivity contribution in [3.05, 3.63) is 80.6 Å². The van der Waals surface area contributed by atoms with Gasteiger partial charge in [0.1, 0.15) is 5.82 Å². The minimum absolute atomic E-state index is 0.000856. The monoisotopic (exact) mass is 541 g/mol. The molecule has 0 saturated heterocycles. The number of nitrogens with one attached hydrogen (secondary N) is 1. The molecule has 4 rings (SSSR count). The number of aromatic hydroxyl groups is 1. The quantitative estimate of drug-likeness (QED) is 0.256. The maximum atomic E-state index is 14.5. The first-order valence-corrected chi connectivity index (χ1v) is 11.2. The maximum absolute atomic E-state index is 14.5. The van der Waals surface area contributed by atoms with E-state index < -0.39 is 35.3 Å². The van der Waals surface area contributed by atoms with Crippen LogP contribution in [0.15, 0.2) is 52.6 Å². The Morgan fingerprint density at radius 1 is 1.08 bits per heavy atom. The molecule has 202 valence electrons. The van der Waals surface area contributed by atoms with Gasteiger partial charge < -0.3 is 9.67 Å². The fourth-order valence-electron chi connectivity index (χ4n) is 3.44. The average Bonchev–Trinajstić information content (AvgIpc) is 2.85. The van der Waals surface area contributed by atoms with Crippen LogP contribution in [0, 0.1) is 5.82 Å². The minimum atomic E-state index is -4.86. The van der Waals surface area contributed by atoms with E-state index in [9.17, 15) is 35.9 Å². The van der Waals surface area contributed by atoms with E-state index in [0.29, 0.717) is 18.1 Å². The molecule has 4 aromatic rings. The van der Waals surface area contributed by atoms with E-state index in [1.807, 2.05) is 0 Å². The number of fused-ring (bicyclic) bond motifs is 1. The zero-order valence-corrected chi connectivity index (χ0v) is 19.8. The highest BCUT2D eigenvalue weighted by atomic mass is 19.4. The number of H-pyrrole nitrogens is 1. The van der Waals surface area contributed by atoms with Crippen molar-refractivity contribution < 1.29 is 31.4 Å². The molecule has 0 amide bonds. The van der Waals surface area contributed by atoms with Crippen molar-refractivity contribution >= 4 is 10.8 Å². The highest BCUT2D eigenvalue weighted by molar-refractivity contribution is 5.85. The summed E-state index contributed by atoms with van der Waals surface area (Å²) in [6.07, 6.45) is -0.448. The molecule has 0 aliphatic heterocycles. The van der Waals surface area contributed by atoms with Crippen molar-refractivity contribution in [1.82, 2.24) is 24.7 Å². The number of nitrogens with zero attached hydrogens (tertiary/aromatic N) is 4. The molecule has 8 nitrogen and oxygen atoms in total. The number of unbranched alkanes of at least 4 members (excludes halogenated alkanes) is 2. The van der Waals surface area contributed by atoms with Gasteiger partial charge >= 0.3 is 6.18 Å². The molecule has 0 fully saturated rings. The Labute approximate surface area is 210 Å².